The van der Waals surface area contributed by atoms with Crippen LogP contribution in [0.25, 0.3) is 0 Å². The van der Waals surface area contributed by atoms with Crippen LogP contribution in [0.5, 0.6) is 0 Å². The Bertz CT molecular complexity index is 827. The summed E-state index contributed by atoms with van der Waals surface area (Å²) in [5.41, 5.74) is 1.07. The first-order chi connectivity index (χ1) is 13.0. The minimum Gasteiger partial charge on any atom is -0.357 e. The van der Waals surface area contributed by atoms with Crippen LogP contribution in [0.1, 0.15) is 12.5 Å². The van der Waals surface area contributed by atoms with Gasteiger partial charge in [0, 0.05) is 25.8 Å². The molecule has 0 amide bonds. The van der Waals surface area contributed by atoms with E-state index in [1.165, 1.54) is 0 Å². The molecule has 0 radical (unpaired) electrons. The lowest BCUT2D eigenvalue weighted by atomic mass is 10.2. The SMILES string of the molecule is CCNC(=NCCNS(=O)(=O)c1ccccc1)NCCc1ccc(Cl)nc1. The van der Waals surface area contributed by atoms with Crippen molar-refractivity contribution in [2.45, 2.75) is 18.2 Å². The van der Waals surface area contributed by atoms with E-state index in [1.54, 1.807) is 42.6 Å². The van der Waals surface area contributed by atoms with Gasteiger partial charge in [-0.1, -0.05) is 35.9 Å². The third-order valence-electron chi connectivity index (χ3n) is 3.57. The average Bonchev–Trinajstić information content (AvgIpc) is 2.67. The molecule has 0 saturated carbocycles. The Kier molecular flexibility index (Phi) is 8.50. The molecule has 146 valence electrons. The number of nitrogens with one attached hydrogen (secondary N) is 3. The monoisotopic (exact) mass is 409 g/mol. The lowest BCUT2D eigenvalue weighted by Gasteiger charge is -2.11. The topological polar surface area (TPSA) is 95.5 Å². The van der Waals surface area contributed by atoms with E-state index in [1.807, 2.05) is 13.0 Å². The van der Waals surface area contributed by atoms with E-state index in [0.717, 1.165) is 12.0 Å². The molecule has 0 bridgehead atoms. The van der Waals surface area contributed by atoms with Crippen molar-refractivity contribution in [1.29, 1.82) is 0 Å². The lowest BCUT2D eigenvalue weighted by Crippen LogP contribution is -2.39. The Labute approximate surface area is 165 Å². The van der Waals surface area contributed by atoms with Gasteiger partial charge in [0.05, 0.1) is 11.4 Å². The van der Waals surface area contributed by atoms with Crippen molar-refractivity contribution < 1.29 is 8.42 Å². The van der Waals surface area contributed by atoms with E-state index >= 15 is 0 Å². The zero-order valence-electron chi connectivity index (χ0n) is 15.2. The molecule has 1 aromatic heterocycles. The summed E-state index contributed by atoms with van der Waals surface area (Å²) in [6.07, 6.45) is 2.52. The van der Waals surface area contributed by atoms with E-state index < -0.39 is 10.0 Å². The summed E-state index contributed by atoms with van der Waals surface area (Å²) < 4.78 is 26.8. The van der Waals surface area contributed by atoms with Gasteiger partial charge in [-0.05, 0) is 37.1 Å². The third kappa shape index (κ3) is 7.54. The van der Waals surface area contributed by atoms with E-state index in [9.17, 15) is 8.42 Å². The molecule has 27 heavy (non-hydrogen) atoms. The van der Waals surface area contributed by atoms with Crippen molar-refractivity contribution in [1.82, 2.24) is 20.3 Å². The third-order valence-corrected chi connectivity index (χ3v) is 5.27. The standard InChI is InChI=1S/C18H24ClN5O2S/c1-2-20-18(21-11-10-15-8-9-17(19)23-14-15)22-12-13-24-27(25,26)16-6-4-3-5-7-16/h3-9,14,24H,2,10-13H2,1H3,(H2,20,21,22). The van der Waals surface area contributed by atoms with Crippen LogP contribution < -0.4 is 15.4 Å². The number of benzene rings is 1. The van der Waals surface area contributed by atoms with Gasteiger partial charge in [-0.2, -0.15) is 0 Å². The smallest absolute Gasteiger partial charge is 0.240 e. The molecule has 1 aromatic carbocycles. The van der Waals surface area contributed by atoms with Crippen molar-refractivity contribution in [3.63, 3.8) is 0 Å². The Morgan fingerprint density at radius 2 is 1.89 bits per heavy atom. The second-order valence-electron chi connectivity index (χ2n) is 5.64. The van der Waals surface area contributed by atoms with Crippen molar-refractivity contribution in [2.24, 2.45) is 4.99 Å². The fraction of sp³-hybridized carbons (Fsp3) is 0.333. The van der Waals surface area contributed by atoms with Crippen molar-refractivity contribution in [3.05, 3.63) is 59.4 Å². The second-order valence-corrected chi connectivity index (χ2v) is 7.79. The van der Waals surface area contributed by atoms with Crippen molar-refractivity contribution in [3.8, 4) is 0 Å². The van der Waals surface area contributed by atoms with Crippen LogP contribution >= 0.6 is 11.6 Å². The van der Waals surface area contributed by atoms with Gasteiger partial charge >= 0.3 is 0 Å². The molecule has 2 rings (SSSR count). The summed E-state index contributed by atoms with van der Waals surface area (Å²) in [5, 5.41) is 6.82. The van der Waals surface area contributed by atoms with Gasteiger partial charge in [-0.25, -0.2) is 18.1 Å². The number of nitrogens with zero attached hydrogens (tertiary/aromatic N) is 2. The van der Waals surface area contributed by atoms with Gasteiger partial charge in [0.25, 0.3) is 0 Å². The number of rotatable bonds is 9. The summed E-state index contributed by atoms with van der Waals surface area (Å²) >= 11 is 5.77. The predicted molar refractivity (Wildman–Crippen MR) is 109 cm³/mol. The molecule has 0 spiro atoms. The second kappa shape index (κ2) is 10.9. The van der Waals surface area contributed by atoms with Gasteiger partial charge in [0.2, 0.25) is 10.0 Å². The molecule has 0 aliphatic rings. The molecule has 2 aromatic rings. The molecule has 9 heteroatoms. The van der Waals surface area contributed by atoms with Gasteiger partial charge in [-0.3, -0.25) is 4.99 Å². The van der Waals surface area contributed by atoms with Gasteiger partial charge in [0.1, 0.15) is 5.15 Å². The highest BCUT2D eigenvalue weighted by atomic mass is 35.5. The van der Waals surface area contributed by atoms with Gasteiger partial charge in [-0.15, -0.1) is 0 Å². The summed E-state index contributed by atoms with van der Waals surface area (Å²) in [5.74, 6) is 0.637. The number of sulfonamides is 1. The first kappa shape index (κ1) is 21.1. The summed E-state index contributed by atoms with van der Waals surface area (Å²) in [7, 11) is -3.50. The van der Waals surface area contributed by atoms with E-state index in [2.05, 4.69) is 25.3 Å². The number of aromatic nitrogens is 1. The number of guanidine groups is 1. The van der Waals surface area contributed by atoms with Crippen LogP contribution in [0.4, 0.5) is 0 Å². The molecular weight excluding hydrogens is 386 g/mol. The van der Waals surface area contributed by atoms with E-state index in [4.69, 9.17) is 11.6 Å². The fourth-order valence-electron chi connectivity index (χ4n) is 2.25. The van der Waals surface area contributed by atoms with Crippen LogP contribution in [-0.2, 0) is 16.4 Å². The largest absolute Gasteiger partial charge is 0.357 e. The van der Waals surface area contributed by atoms with Crippen molar-refractivity contribution >= 4 is 27.6 Å². The first-order valence-electron chi connectivity index (χ1n) is 8.68. The summed E-state index contributed by atoms with van der Waals surface area (Å²) in [4.78, 5) is 8.68. The summed E-state index contributed by atoms with van der Waals surface area (Å²) in [6, 6.07) is 12.0. The Hall–Kier alpha value is -2.16. The highest BCUT2D eigenvalue weighted by Gasteiger charge is 2.11. The van der Waals surface area contributed by atoms with Gasteiger partial charge < -0.3 is 10.6 Å². The molecule has 1 heterocycles. The van der Waals surface area contributed by atoms with E-state index in [0.29, 0.717) is 30.7 Å². The van der Waals surface area contributed by atoms with Crippen LogP contribution in [0.3, 0.4) is 0 Å². The predicted octanol–water partition coefficient (Wildman–Crippen LogP) is 1.81. The van der Waals surface area contributed by atoms with E-state index in [-0.39, 0.29) is 11.4 Å². The Balaban J connectivity index is 1.79. The number of pyridine rings is 1. The normalized spacial score (nSPS) is 12.0. The molecular formula is C18H24ClN5O2S. The molecule has 0 aliphatic carbocycles. The maximum atomic E-state index is 12.1. The zero-order chi connectivity index (χ0) is 19.5. The average molecular weight is 410 g/mol. The Morgan fingerprint density at radius 1 is 1.11 bits per heavy atom. The minimum atomic E-state index is -3.50. The van der Waals surface area contributed by atoms with Gasteiger partial charge in [0.15, 0.2) is 5.96 Å². The molecule has 0 saturated heterocycles. The minimum absolute atomic E-state index is 0.217. The molecule has 0 unspecified atom stereocenters. The quantitative estimate of drug-likeness (QED) is 0.254. The van der Waals surface area contributed by atoms with Crippen LogP contribution in [0, 0.1) is 0 Å². The number of halogens is 1. The number of hydrogen-bond donors (Lipinski definition) is 3. The Morgan fingerprint density at radius 3 is 2.56 bits per heavy atom. The fourth-order valence-corrected chi connectivity index (χ4v) is 3.41. The first-order valence-corrected chi connectivity index (χ1v) is 10.5. The van der Waals surface area contributed by atoms with Crippen LogP contribution in [-0.4, -0.2) is 45.5 Å². The van der Waals surface area contributed by atoms with Crippen LogP contribution in [0.15, 0.2) is 58.5 Å². The molecule has 0 aliphatic heterocycles. The number of hydrogen-bond acceptors (Lipinski definition) is 4. The summed E-state index contributed by atoms with van der Waals surface area (Å²) in [6.45, 7) is 3.90. The number of aliphatic imine (C=N–C) groups is 1. The maximum Gasteiger partial charge on any atom is 0.240 e. The van der Waals surface area contributed by atoms with Crippen molar-refractivity contribution in [2.75, 3.05) is 26.2 Å². The highest BCUT2D eigenvalue weighted by Crippen LogP contribution is 2.06. The molecule has 3 N–H and O–H groups in total. The zero-order valence-corrected chi connectivity index (χ0v) is 16.7. The highest BCUT2D eigenvalue weighted by molar-refractivity contribution is 7.89. The molecule has 7 nitrogen and oxygen atoms in total. The maximum absolute atomic E-state index is 12.1. The molecule has 0 fully saturated rings. The molecule has 0 atom stereocenters. The lowest BCUT2D eigenvalue weighted by molar-refractivity contribution is 0.582. The van der Waals surface area contributed by atoms with Crippen LogP contribution in [0.2, 0.25) is 5.15 Å².